The summed E-state index contributed by atoms with van der Waals surface area (Å²) in [7, 11) is 3.14. The highest BCUT2D eigenvalue weighted by atomic mass is 16.2. The minimum absolute atomic E-state index is 0.0107. The second-order valence-electron chi connectivity index (χ2n) is 3.85. The van der Waals surface area contributed by atoms with Crippen LogP contribution in [0.15, 0.2) is 9.59 Å². The van der Waals surface area contributed by atoms with E-state index in [1.54, 1.807) is 14.0 Å². The molecule has 0 saturated heterocycles. The first-order chi connectivity index (χ1) is 6.91. The Morgan fingerprint density at radius 2 is 1.80 bits per heavy atom. The summed E-state index contributed by atoms with van der Waals surface area (Å²) in [6, 6.07) is 0. The largest absolute Gasteiger partial charge is 0.330 e. The van der Waals surface area contributed by atoms with Crippen LogP contribution in [0.4, 0.5) is 0 Å². The molecule has 1 aromatic rings. The minimum atomic E-state index is -0.305. The van der Waals surface area contributed by atoms with Crippen molar-refractivity contribution in [2.75, 3.05) is 6.54 Å². The van der Waals surface area contributed by atoms with Gasteiger partial charge in [0.15, 0.2) is 0 Å². The van der Waals surface area contributed by atoms with Crippen LogP contribution in [0, 0.1) is 6.92 Å². The Morgan fingerprint density at radius 1 is 1.27 bits per heavy atom. The first-order valence-electron chi connectivity index (χ1n) is 4.88. The van der Waals surface area contributed by atoms with Gasteiger partial charge in [-0.2, -0.15) is 0 Å². The van der Waals surface area contributed by atoms with Gasteiger partial charge in [0, 0.05) is 37.8 Å². The molecule has 0 radical (unpaired) electrons. The van der Waals surface area contributed by atoms with E-state index in [2.05, 4.69) is 0 Å². The molecule has 1 atom stereocenters. The summed E-state index contributed by atoms with van der Waals surface area (Å²) >= 11 is 0. The quantitative estimate of drug-likeness (QED) is 0.714. The van der Waals surface area contributed by atoms with Crippen molar-refractivity contribution in [3.05, 3.63) is 32.1 Å². The van der Waals surface area contributed by atoms with Crippen LogP contribution in [-0.4, -0.2) is 15.7 Å². The molecular formula is C10H17N3O2. The summed E-state index contributed by atoms with van der Waals surface area (Å²) in [6.45, 7) is 4.05. The van der Waals surface area contributed by atoms with E-state index in [1.807, 2.05) is 6.92 Å². The average molecular weight is 211 g/mol. The molecule has 0 aromatic carbocycles. The summed E-state index contributed by atoms with van der Waals surface area (Å²) in [4.78, 5) is 23.4. The Labute approximate surface area is 88.1 Å². The van der Waals surface area contributed by atoms with Gasteiger partial charge in [-0.05, 0) is 6.92 Å². The van der Waals surface area contributed by atoms with E-state index in [0.29, 0.717) is 12.1 Å². The van der Waals surface area contributed by atoms with Gasteiger partial charge in [-0.1, -0.05) is 6.92 Å². The van der Waals surface area contributed by atoms with Crippen LogP contribution in [0.1, 0.15) is 24.1 Å². The van der Waals surface area contributed by atoms with E-state index in [1.165, 1.54) is 11.6 Å². The van der Waals surface area contributed by atoms with Gasteiger partial charge >= 0.3 is 5.69 Å². The van der Waals surface area contributed by atoms with Gasteiger partial charge in [-0.25, -0.2) is 4.79 Å². The SMILES string of the molecule is Cc1c(C(C)CN)n(C)c(=O)n(C)c1=O. The lowest BCUT2D eigenvalue weighted by Crippen LogP contribution is -2.41. The third-order valence-electron chi connectivity index (χ3n) is 2.77. The van der Waals surface area contributed by atoms with Crippen LogP contribution in [-0.2, 0) is 14.1 Å². The van der Waals surface area contributed by atoms with Crippen molar-refractivity contribution >= 4 is 0 Å². The van der Waals surface area contributed by atoms with Gasteiger partial charge in [0.2, 0.25) is 0 Å². The molecule has 0 spiro atoms. The number of hydrogen-bond donors (Lipinski definition) is 1. The molecule has 0 bridgehead atoms. The Balaban J connectivity index is 3.68. The monoisotopic (exact) mass is 211 g/mol. The maximum Gasteiger partial charge on any atom is 0.330 e. The molecule has 2 N–H and O–H groups in total. The number of rotatable bonds is 2. The van der Waals surface area contributed by atoms with Crippen molar-refractivity contribution in [2.45, 2.75) is 19.8 Å². The van der Waals surface area contributed by atoms with Gasteiger partial charge in [0.1, 0.15) is 0 Å². The van der Waals surface area contributed by atoms with Gasteiger partial charge in [0.25, 0.3) is 5.56 Å². The van der Waals surface area contributed by atoms with Gasteiger partial charge in [0.05, 0.1) is 0 Å². The fourth-order valence-corrected chi connectivity index (χ4v) is 1.84. The average Bonchev–Trinajstić information content (AvgIpc) is 2.23. The summed E-state index contributed by atoms with van der Waals surface area (Å²) in [5.41, 5.74) is 6.33. The van der Waals surface area contributed by atoms with Crippen LogP contribution in [0.25, 0.3) is 0 Å². The standard InChI is InChI=1S/C10H17N3O2/c1-6(5-11)8-7(2)9(14)13(4)10(15)12(8)3/h6H,5,11H2,1-4H3. The maximum atomic E-state index is 11.7. The fraction of sp³-hybridized carbons (Fsp3) is 0.600. The first-order valence-corrected chi connectivity index (χ1v) is 4.88. The number of nitrogens with two attached hydrogens (primary N) is 1. The van der Waals surface area contributed by atoms with E-state index in [9.17, 15) is 9.59 Å². The highest BCUT2D eigenvalue weighted by Crippen LogP contribution is 2.12. The molecule has 1 aromatic heterocycles. The van der Waals surface area contributed by atoms with Crippen molar-refractivity contribution in [1.82, 2.24) is 9.13 Å². The highest BCUT2D eigenvalue weighted by molar-refractivity contribution is 5.20. The van der Waals surface area contributed by atoms with E-state index in [4.69, 9.17) is 5.73 Å². The summed E-state index contributed by atoms with van der Waals surface area (Å²) in [6.07, 6.45) is 0. The summed E-state index contributed by atoms with van der Waals surface area (Å²) in [5, 5.41) is 0. The molecule has 84 valence electrons. The highest BCUT2D eigenvalue weighted by Gasteiger charge is 2.15. The van der Waals surface area contributed by atoms with Crippen molar-refractivity contribution in [2.24, 2.45) is 19.8 Å². The van der Waals surface area contributed by atoms with Crippen molar-refractivity contribution < 1.29 is 0 Å². The topological polar surface area (TPSA) is 70.0 Å². The fourth-order valence-electron chi connectivity index (χ4n) is 1.84. The molecule has 15 heavy (non-hydrogen) atoms. The van der Waals surface area contributed by atoms with E-state index >= 15 is 0 Å². The Hall–Kier alpha value is -1.36. The third kappa shape index (κ3) is 1.74. The number of hydrogen-bond acceptors (Lipinski definition) is 3. The van der Waals surface area contributed by atoms with Crippen LogP contribution < -0.4 is 17.0 Å². The van der Waals surface area contributed by atoms with Crippen LogP contribution in [0.3, 0.4) is 0 Å². The van der Waals surface area contributed by atoms with Crippen LogP contribution in [0.2, 0.25) is 0 Å². The van der Waals surface area contributed by atoms with Crippen molar-refractivity contribution in [3.8, 4) is 0 Å². The predicted octanol–water partition coefficient (Wildman–Crippen LogP) is -0.545. The molecule has 0 amide bonds. The first kappa shape index (κ1) is 11.7. The smallest absolute Gasteiger partial charge is 0.330 e. The second kappa shape index (κ2) is 4.02. The lowest BCUT2D eigenvalue weighted by atomic mass is 10.0. The van der Waals surface area contributed by atoms with Gasteiger partial charge < -0.3 is 10.3 Å². The lowest BCUT2D eigenvalue weighted by molar-refractivity contribution is 0.598. The third-order valence-corrected chi connectivity index (χ3v) is 2.77. The molecule has 0 fully saturated rings. The van der Waals surface area contributed by atoms with E-state index < -0.39 is 0 Å². The number of nitrogens with zero attached hydrogens (tertiary/aromatic N) is 2. The van der Waals surface area contributed by atoms with E-state index in [-0.39, 0.29) is 17.2 Å². The van der Waals surface area contributed by atoms with Crippen LogP contribution >= 0.6 is 0 Å². The summed E-state index contributed by atoms with van der Waals surface area (Å²) < 4.78 is 2.61. The van der Waals surface area contributed by atoms with Gasteiger partial charge in [-0.3, -0.25) is 9.36 Å². The molecule has 5 heteroatoms. The number of aromatic nitrogens is 2. The normalized spacial score (nSPS) is 12.9. The van der Waals surface area contributed by atoms with Crippen molar-refractivity contribution in [3.63, 3.8) is 0 Å². The molecule has 0 aliphatic rings. The molecule has 0 saturated carbocycles. The van der Waals surface area contributed by atoms with E-state index in [0.717, 1.165) is 10.3 Å². The Morgan fingerprint density at radius 3 is 2.27 bits per heavy atom. The Bertz CT molecular complexity index is 447. The minimum Gasteiger partial charge on any atom is -0.330 e. The predicted molar refractivity (Wildman–Crippen MR) is 59.1 cm³/mol. The lowest BCUT2D eigenvalue weighted by Gasteiger charge is -2.17. The molecule has 1 unspecified atom stereocenters. The second-order valence-corrected chi connectivity index (χ2v) is 3.85. The zero-order chi connectivity index (χ0) is 11.7. The molecule has 0 aliphatic heterocycles. The van der Waals surface area contributed by atoms with Crippen molar-refractivity contribution in [1.29, 1.82) is 0 Å². The van der Waals surface area contributed by atoms with Crippen LogP contribution in [0.5, 0.6) is 0 Å². The molecule has 1 heterocycles. The Kier molecular flexibility index (Phi) is 3.14. The molecular weight excluding hydrogens is 194 g/mol. The molecule has 5 nitrogen and oxygen atoms in total. The van der Waals surface area contributed by atoms with Gasteiger partial charge in [-0.15, -0.1) is 0 Å². The maximum absolute atomic E-state index is 11.7. The molecule has 1 rings (SSSR count). The molecule has 0 aliphatic carbocycles. The zero-order valence-corrected chi connectivity index (χ0v) is 9.57. The summed E-state index contributed by atoms with van der Waals surface area (Å²) in [5.74, 6) is 0.0107. The zero-order valence-electron chi connectivity index (χ0n) is 9.57.